The molecule has 0 aliphatic rings. The number of nitrogens with zero attached hydrogens (tertiary/aromatic N) is 2. The SMILES string of the molecule is O[C@@H](Cc1noc(CCl)n1)c1cc2ccccc2o1. The van der Waals surface area contributed by atoms with Crippen molar-refractivity contribution in [1.29, 1.82) is 0 Å². The molecule has 0 amide bonds. The summed E-state index contributed by atoms with van der Waals surface area (Å²) >= 11 is 5.57. The lowest BCUT2D eigenvalue weighted by Gasteiger charge is -2.02. The standard InChI is InChI=1S/C13H11ClN2O3/c14-7-13-15-12(16-19-13)6-9(17)11-5-8-3-1-2-4-10(8)18-11/h1-5,9,17H,6-7H2/t9-/m0/s1. The normalized spacial score (nSPS) is 12.9. The molecular weight excluding hydrogens is 268 g/mol. The van der Waals surface area contributed by atoms with Gasteiger partial charge in [-0.05, 0) is 12.1 Å². The average molecular weight is 279 g/mol. The maximum atomic E-state index is 10.1. The van der Waals surface area contributed by atoms with E-state index in [1.54, 1.807) is 0 Å². The molecular formula is C13H11ClN2O3. The van der Waals surface area contributed by atoms with Crippen molar-refractivity contribution >= 4 is 22.6 Å². The fourth-order valence-corrected chi connectivity index (χ4v) is 1.98. The topological polar surface area (TPSA) is 72.3 Å². The highest BCUT2D eigenvalue weighted by atomic mass is 35.5. The highest BCUT2D eigenvalue weighted by molar-refractivity contribution is 6.16. The number of aromatic nitrogens is 2. The van der Waals surface area contributed by atoms with Crippen molar-refractivity contribution in [2.24, 2.45) is 0 Å². The Morgan fingerprint density at radius 1 is 1.32 bits per heavy atom. The van der Waals surface area contributed by atoms with Crippen molar-refractivity contribution < 1.29 is 14.0 Å². The monoisotopic (exact) mass is 278 g/mol. The Kier molecular flexibility index (Phi) is 3.23. The van der Waals surface area contributed by atoms with Crippen molar-refractivity contribution in [3.8, 4) is 0 Å². The third-order valence-corrected chi connectivity index (χ3v) is 3.00. The number of rotatable bonds is 4. The molecule has 1 N–H and O–H groups in total. The van der Waals surface area contributed by atoms with Gasteiger partial charge < -0.3 is 14.0 Å². The van der Waals surface area contributed by atoms with Crippen LogP contribution in [-0.4, -0.2) is 15.2 Å². The highest BCUT2D eigenvalue weighted by Crippen LogP contribution is 2.25. The molecule has 0 fully saturated rings. The van der Waals surface area contributed by atoms with Crippen LogP contribution in [0.1, 0.15) is 23.6 Å². The molecule has 19 heavy (non-hydrogen) atoms. The van der Waals surface area contributed by atoms with Gasteiger partial charge in [-0.25, -0.2) is 0 Å². The van der Waals surface area contributed by atoms with E-state index in [0.717, 1.165) is 11.0 Å². The van der Waals surface area contributed by atoms with Crippen molar-refractivity contribution in [2.45, 2.75) is 18.4 Å². The van der Waals surface area contributed by atoms with Gasteiger partial charge in [0.1, 0.15) is 23.3 Å². The summed E-state index contributed by atoms with van der Waals surface area (Å²) in [6.45, 7) is 0. The molecule has 0 aliphatic carbocycles. The molecule has 0 bridgehead atoms. The molecule has 1 aromatic carbocycles. The summed E-state index contributed by atoms with van der Waals surface area (Å²) in [7, 11) is 0. The second-order valence-corrected chi connectivity index (χ2v) is 4.41. The van der Waals surface area contributed by atoms with Crippen LogP contribution in [0.4, 0.5) is 0 Å². The third kappa shape index (κ3) is 2.47. The molecule has 0 saturated heterocycles. The lowest BCUT2D eigenvalue weighted by Crippen LogP contribution is -2.02. The van der Waals surface area contributed by atoms with E-state index in [-0.39, 0.29) is 12.3 Å². The number of fused-ring (bicyclic) bond motifs is 1. The van der Waals surface area contributed by atoms with E-state index in [0.29, 0.717) is 17.5 Å². The van der Waals surface area contributed by atoms with Gasteiger partial charge in [0, 0.05) is 11.8 Å². The van der Waals surface area contributed by atoms with Crippen LogP contribution < -0.4 is 0 Å². The van der Waals surface area contributed by atoms with Crippen LogP contribution in [0.2, 0.25) is 0 Å². The van der Waals surface area contributed by atoms with Crippen LogP contribution in [0.3, 0.4) is 0 Å². The maximum absolute atomic E-state index is 10.1. The second-order valence-electron chi connectivity index (χ2n) is 4.14. The maximum Gasteiger partial charge on any atom is 0.241 e. The second kappa shape index (κ2) is 5.03. The molecule has 98 valence electrons. The number of aliphatic hydroxyl groups is 1. The van der Waals surface area contributed by atoms with Crippen molar-refractivity contribution in [3.63, 3.8) is 0 Å². The zero-order chi connectivity index (χ0) is 13.2. The Hall–Kier alpha value is -1.85. The lowest BCUT2D eigenvalue weighted by atomic mass is 10.2. The summed E-state index contributed by atoms with van der Waals surface area (Å²) in [5.74, 6) is 1.39. The van der Waals surface area contributed by atoms with Gasteiger partial charge in [-0.2, -0.15) is 4.98 Å². The fourth-order valence-electron chi connectivity index (χ4n) is 1.87. The van der Waals surface area contributed by atoms with Gasteiger partial charge in [0.05, 0.1) is 0 Å². The van der Waals surface area contributed by atoms with Gasteiger partial charge in [0.15, 0.2) is 5.82 Å². The highest BCUT2D eigenvalue weighted by Gasteiger charge is 2.17. The van der Waals surface area contributed by atoms with E-state index in [4.69, 9.17) is 20.5 Å². The molecule has 1 atom stereocenters. The Balaban J connectivity index is 1.81. The number of hydrogen-bond donors (Lipinski definition) is 1. The zero-order valence-corrected chi connectivity index (χ0v) is 10.7. The zero-order valence-electron chi connectivity index (χ0n) is 9.91. The quantitative estimate of drug-likeness (QED) is 0.743. The van der Waals surface area contributed by atoms with Gasteiger partial charge in [0.25, 0.3) is 0 Å². The molecule has 2 heterocycles. The van der Waals surface area contributed by atoms with Gasteiger partial charge in [-0.1, -0.05) is 23.4 Å². The Bertz CT molecular complexity index is 659. The van der Waals surface area contributed by atoms with Crippen LogP contribution >= 0.6 is 11.6 Å². The van der Waals surface area contributed by atoms with Crippen molar-refractivity contribution in [1.82, 2.24) is 10.1 Å². The molecule has 0 saturated carbocycles. The first-order valence-corrected chi connectivity index (χ1v) is 6.33. The summed E-state index contributed by atoms with van der Waals surface area (Å²) in [5, 5.41) is 14.8. The van der Waals surface area contributed by atoms with Crippen LogP contribution in [-0.2, 0) is 12.3 Å². The largest absolute Gasteiger partial charge is 0.458 e. The average Bonchev–Trinajstić information content (AvgIpc) is 3.04. The van der Waals surface area contributed by atoms with Crippen molar-refractivity contribution in [3.05, 3.63) is 47.8 Å². The number of halogens is 1. The van der Waals surface area contributed by atoms with E-state index in [9.17, 15) is 5.11 Å². The molecule has 0 radical (unpaired) electrons. The molecule has 6 heteroatoms. The van der Waals surface area contributed by atoms with Crippen molar-refractivity contribution in [2.75, 3.05) is 0 Å². The summed E-state index contributed by atoms with van der Waals surface area (Å²) in [6.07, 6.45) is -0.589. The first-order chi connectivity index (χ1) is 9.26. The minimum atomic E-state index is -0.812. The summed E-state index contributed by atoms with van der Waals surface area (Å²) in [5.41, 5.74) is 0.742. The summed E-state index contributed by atoms with van der Waals surface area (Å²) in [4.78, 5) is 4.04. The van der Waals surface area contributed by atoms with Crippen LogP contribution in [0.15, 0.2) is 39.3 Å². The molecule has 0 spiro atoms. The van der Waals surface area contributed by atoms with Crippen LogP contribution in [0.5, 0.6) is 0 Å². The first kappa shape index (κ1) is 12.2. The number of hydrogen-bond acceptors (Lipinski definition) is 5. The molecule has 5 nitrogen and oxygen atoms in total. The van der Waals surface area contributed by atoms with E-state index < -0.39 is 6.10 Å². The van der Waals surface area contributed by atoms with E-state index >= 15 is 0 Å². The van der Waals surface area contributed by atoms with Gasteiger partial charge in [-0.15, -0.1) is 11.6 Å². The Labute approximate surface area is 113 Å². The third-order valence-electron chi connectivity index (χ3n) is 2.77. The smallest absolute Gasteiger partial charge is 0.241 e. The molecule has 0 unspecified atom stereocenters. The minimum Gasteiger partial charge on any atom is -0.458 e. The Morgan fingerprint density at radius 2 is 2.16 bits per heavy atom. The van der Waals surface area contributed by atoms with Gasteiger partial charge in [-0.3, -0.25) is 0 Å². The minimum absolute atomic E-state index is 0.160. The van der Waals surface area contributed by atoms with E-state index in [1.807, 2.05) is 30.3 Å². The van der Waals surface area contributed by atoms with E-state index in [1.165, 1.54) is 0 Å². The molecule has 3 rings (SSSR count). The summed E-state index contributed by atoms with van der Waals surface area (Å²) < 4.78 is 10.4. The number of furan rings is 1. The number of alkyl halides is 1. The molecule has 3 aromatic rings. The Morgan fingerprint density at radius 3 is 2.89 bits per heavy atom. The number of para-hydroxylation sites is 1. The summed E-state index contributed by atoms with van der Waals surface area (Å²) in [6, 6.07) is 9.39. The number of benzene rings is 1. The lowest BCUT2D eigenvalue weighted by molar-refractivity contribution is 0.149. The molecule has 2 aromatic heterocycles. The van der Waals surface area contributed by atoms with Crippen LogP contribution in [0, 0.1) is 0 Å². The van der Waals surface area contributed by atoms with Gasteiger partial charge >= 0.3 is 0 Å². The van der Waals surface area contributed by atoms with E-state index in [2.05, 4.69) is 10.1 Å². The van der Waals surface area contributed by atoms with Crippen LogP contribution in [0.25, 0.3) is 11.0 Å². The predicted octanol–water partition coefficient (Wildman–Crippen LogP) is 2.83. The fraction of sp³-hybridized carbons (Fsp3) is 0.231. The predicted molar refractivity (Wildman–Crippen MR) is 68.7 cm³/mol. The number of aliphatic hydroxyl groups excluding tert-OH is 1. The first-order valence-electron chi connectivity index (χ1n) is 5.80. The molecule has 0 aliphatic heterocycles. The van der Waals surface area contributed by atoms with Gasteiger partial charge in [0.2, 0.25) is 5.89 Å².